The van der Waals surface area contributed by atoms with Gasteiger partial charge in [-0.1, -0.05) is 41.6 Å². The smallest absolute Gasteiger partial charge is 0.265 e. The average molecular weight is 466 g/mol. The van der Waals surface area contributed by atoms with Crippen molar-refractivity contribution in [2.45, 2.75) is 31.5 Å². The lowest BCUT2D eigenvalue weighted by atomic mass is 10.1. The van der Waals surface area contributed by atoms with Gasteiger partial charge in [-0.25, -0.2) is 9.67 Å². The molecular formula is C23H20ClN5O2S. The number of carbonyl (C=O) groups is 1. The van der Waals surface area contributed by atoms with Gasteiger partial charge in [-0.3, -0.25) is 14.2 Å². The van der Waals surface area contributed by atoms with Gasteiger partial charge in [0.05, 0.1) is 17.9 Å². The van der Waals surface area contributed by atoms with Crippen LogP contribution in [0.5, 0.6) is 0 Å². The minimum atomic E-state index is -0.277. The Morgan fingerprint density at radius 3 is 2.91 bits per heavy atom. The number of nitrogens with one attached hydrogen (secondary N) is 1. The maximum absolute atomic E-state index is 13.3. The monoisotopic (exact) mass is 465 g/mol. The number of amides is 1. The van der Waals surface area contributed by atoms with Crippen LogP contribution in [0.3, 0.4) is 0 Å². The summed E-state index contributed by atoms with van der Waals surface area (Å²) in [6, 6.07) is 13.0. The normalized spacial score (nSPS) is 15.2. The fraction of sp³-hybridized carbons (Fsp3) is 0.217. The molecule has 2 aromatic heterocycles. The first-order valence-electron chi connectivity index (χ1n) is 10.2. The zero-order valence-electron chi connectivity index (χ0n) is 17.5. The van der Waals surface area contributed by atoms with Crippen LogP contribution in [0.15, 0.2) is 58.6 Å². The van der Waals surface area contributed by atoms with E-state index in [-0.39, 0.29) is 23.9 Å². The molecule has 0 saturated carbocycles. The molecule has 9 heteroatoms. The molecule has 0 aliphatic carbocycles. The Morgan fingerprint density at radius 1 is 1.25 bits per heavy atom. The third-order valence-corrected chi connectivity index (χ3v) is 6.84. The average Bonchev–Trinajstić information content (AvgIpc) is 3.36. The molecule has 0 bridgehead atoms. The third kappa shape index (κ3) is 3.69. The van der Waals surface area contributed by atoms with Gasteiger partial charge in [0.2, 0.25) is 5.91 Å². The second-order valence-corrected chi connectivity index (χ2v) is 9.30. The van der Waals surface area contributed by atoms with E-state index in [1.165, 1.54) is 11.8 Å². The van der Waals surface area contributed by atoms with Crippen molar-refractivity contribution in [2.24, 2.45) is 0 Å². The molecule has 5 rings (SSSR count). The molecule has 0 saturated heterocycles. The first kappa shape index (κ1) is 20.8. The predicted octanol–water partition coefficient (Wildman–Crippen LogP) is 4.53. The molecule has 1 aliphatic rings. The number of anilines is 1. The van der Waals surface area contributed by atoms with Gasteiger partial charge in [0.25, 0.3) is 5.56 Å². The first-order valence-corrected chi connectivity index (χ1v) is 11.5. The number of fused-ring (bicyclic) bond motifs is 2. The zero-order chi connectivity index (χ0) is 22.4. The van der Waals surface area contributed by atoms with Crippen LogP contribution in [0.1, 0.15) is 23.6 Å². The SMILES string of the molecule is Cc1cccc(-n2ncc3c(=O)n4c(nc32)SCC4CC(=O)Nc2cc(Cl)ccc2C)c1. The van der Waals surface area contributed by atoms with Crippen LogP contribution in [-0.4, -0.2) is 31.0 Å². The van der Waals surface area contributed by atoms with Crippen LogP contribution >= 0.6 is 23.4 Å². The maximum atomic E-state index is 13.3. The van der Waals surface area contributed by atoms with E-state index in [0.717, 1.165) is 16.8 Å². The number of hydrogen-bond acceptors (Lipinski definition) is 5. The topological polar surface area (TPSA) is 81.8 Å². The molecule has 0 spiro atoms. The molecule has 1 atom stereocenters. The summed E-state index contributed by atoms with van der Waals surface area (Å²) < 4.78 is 3.31. The van der Waals surface area contributed by atoms with Crippen molar-refractivity contribution >= 4 is 46.0 Å². The summed E-state index contributed by atoms with van der Waals surface area (Å²) in [5.74, 6) is 0.436. The minimum Gasteiger partial charge on any atom is -0.326 e. The van der Waals surface area contributed by atoms with E-state index in [0.29, 0.717) is 32.7 Å². The highest BCUT2D eigenvalue weighted by Gasteiger charge is 2.29. The Kier molecular flexibility index (Phi) is 5.27. The van der Waals surface area contributed by atoms with E-state index >= 15 is 0 Å². The Bertz CT molecular complexity index is 1430. The van der Waals surface area contributed by atoms with Gasteiger partial charge in [0.15, 0.2) is 10.8 Å². The van der Waals surface area contributed by atoms with Crippen LogP contribution in [0.25, 0.3) is 16.7 Å². The summed E-state index contributed by atoms with van der Waals surface area (Å²) in [4.78, 5) is 30.7. The standard InChI is InChI=1S/C23H20ClN5O2S/c1-13-4-3-5-16(8-13)29-21-18(11-25-29)22(31)28-17(12-32-23(28)27-21)10-20(30)26-19-9-15(24)7-6-14(19)2/h3-9,11,17H,10,12H2,1-2H3,(H,26,30). The number of rotatable bonds is 4. The molecule has 162 valence electrons. The predicted molar refractivity (Wildman–Crippen MR) is 127 cm³/mol. The Morgan fingerprint density at radius 2 is 2.09 bits per heavy atom. The largest absolute Gasteiger partial charge is 0.326 e. The van der Waals surface area contributed by atoms with E-state index in [4.69, 9.17) is 16.6 Å². The molecule has 32 heavy (non-hydrogen) atoms. The van der Waals surface area contributed by atoms with Gasteiger partial charge in [-0.15, -0.1) is 0 Å². The molecule has 4 aromatic rings. The van der Waals surface area contributed by atoms with Gasteiger partial charge < -0.3 is 5.32 Å². The van der Waals surface area contributed by atoms with Crippen molar-refractivity contribution in [1.29, 1.82) is 0 Å². The Hall–Kier alpha value is -3.10. The lowest BCUT2D eigenvalue weighted by molar-refractivity contribution is -0.116. The highest BCUT2D eigenvalue weighted by Crippen LogP contribution is 2.34. The van der Waals surface area contributed by atoms with Crippen LogP contribution in [-0.2, 0) is 4.79 Å². The van der Waals surface area contributed by atoms with E-state index in [1.807, 2.05) is 44.2 Å². The number of aromatic nitrogens is 4. The van der Waals surface area contributed by atoms with Gasteiger partial charge >= 0.3 is 0 Å². The highest BCUT2D eigenvalue weighted by atomic mass is 35.5. The molecule has 1 N–H and O–H groups in total. The minimum absolute atomic E-state index is 0.170. The summed E-state index contributed by atoms with van der Waals surface area (Å²) in [5.41, 5.74) is 3.90. The zero-order valence-corrected chi connectivity index (χ0v) is 19.1. The first-order chi connectivity index (χ1) is 15.4. The fourth-order valence-corrected chi connectivity index (χ4v) is 5.18. The number of benzene rings is 2. The summed E-state index contributed by atoms with van der Waals surface area (Å²) in [5, 5.41) is 8.92. The molecule has 0 fully saturated rings. The van der Waals surface area contributed by atoms with Gasteiger partial charge in [0, 0.05) is 22.9 Å². The van der Waals surface area contributed by atoms with Crippen LogP contribution in [0.2, 0.25) is 5.02 Å². The quantitative estimate of drug-likeness (QED) is 0.448. The molecule has 3 heterocycles. The van der Waals surface area contributed by atoms with Crippen molar-refractivity contribution < 1.29 is 4.79 Å². The molecule has 1 amide bonds. The highest BCUT2D eigenvalue weighted by molar-refractivity contribution is 7.99. The van der Waals surface area contributed by atoms with E-state index in [1.54, 1.807) is 27.6 Å². The second kappa shape index (κ2) is 8.11. The summed E-state index contributed by atoms with van der Waals surface area (Å²) >= 11 is 7.53. The summed E-state index contributed by atoms with van der Waals surface area (Å²) in [6.45, 7) is 3.91. The van der Waals surface area contributed by atoms with Crippen molar-refractivity contribution in [2.75, 3.05) is 11.1 Å². The Labute approximate surface area is 193 Å². The molecule has 1 aliphatic heterocycles. The summed E-state index contributed by atoms with van der Waals surface area (Å²) in [7, 11) is 0. The number of aryl methyl sites for hydroxylation is 2. The van der Waals surface area contributed by atoms with Crippen molar-refractivity contribution in [1.82, 2.24) is 19.3 Å². The second-order valence-electron chi connectivity index (χ2n) is 7.88. The van der Waals surface area contributed by atoms with Gasteiger partial charge in [-0.05, 0) is 49.2 Å². The Balaban J connectivity index is 1.45. The lowest BCUT2D eigenvalue weighted by Gasteiger charge is -2.14. The van der Waals surface area contributed by atoms with Crippen molar-refractivity contribution in [3.8, 4) is 5.69 Å². The van der Waals surface area contributed by atoms with Crippen LogP contribution < -0.4 is 10.9 Å². The number of hydrogen-bond donors (Lipinski definition) is 1. The summed E-state index contributed by atoms with van der Waals surface area (Å²) in [6.07, 6.45) is 1.72. The molecule has 2 aromatic carbocycles. The van der Waals surface area contributed by atoms with Gasteiger partial charge in [-0.2, -0.15) is 5.10 Å². The molecular weight excluding hydrogens is 446 g/mol. The maximum Gasteiger partial charge on any atom is 0.265 e. The lowest BCUT2D eigenvalue weighted by Crippen LogP contribution is -2.27. The molecule has 0 radical (unpaired) electrons. The third-order valence-electron chi connectivity index (χ3n) is 5.51. The number of carbonyl (C=O) groups excluding carboxylic acids is 1. The number of halogens is 1. The number of thioether (sulfide) groups is 1. The number of nitrogens with zero attached hydrogens (tertiary/aromatic N) is 4. The van der Waals surface area contributed by atoms with Crippen molar-refractivity contribution in [3.63, 3.8) is 0 Å². The molecule has 1 unspecified atom stereocenters. The van der Waals surface area contributed by atoms with E-state index < -0.39 is 0 Å². The van der Waals surface area contributed by atoms with Crippen molar-refractivity contribution in [3.05, 3.63) is 75.2 Å². The van der Waals surface area contributed by atoms with Crippen LogP contribution in [0.4, 0.5) is 5.69 Å². The van der Waals surface area contributed by atoms with E-state index in [9.17, 15) is 9.59 Å². The van der Waals surface area contributed by atoms with Crippen LogP contribution in [0, 0.1) is 13.8 Å². The van der Waals surface area contributed by atoms with Gasteiger partial charge in [0.1, 0.15) is 5.39 Å². The fourth-order valence-electron chi connectivity index (χ4n) is 3.87. The molecule has 7 nitrogen and oxygen atoms in total. The van der Waals surface area contributed by atoms with E-state index in [2.05, 4.69) is 10.4 Å².